The number of rotatable bonds is 6. The molecule has 180 valence electrons. The third kappa shape index (κ3) is 5.32. The zero-order valence-electron chi connectivity index (χ0n) is 19.5. The van der Waals surface area contributed by atoms with Gasteiger partial charge in [0.1, 0.15) is 5.82 Å². The molecule has 0 amide bonds. The molecule has 7 heteroatoms. The summed E-state index contributed by atoms with van der Waals surface area (Å²) in [6.07, 6.45) is 4.27. The van der Waals surface area contributed by atoms with Gasteiger partial charge in [0.05, 0.1) is 17.3 Å². The Morgan fingerprint density at radius 1 is 1.14 bits per heavy atom. The molecule has 2 aromatic carbocycles. The van der Waals surface area contributed by atoms with Crippen LogP contribution >= 0.6 is 23.2 Å². The molecular weight excluding hydrogens is 484 g/mol. The molecule has 0 unspecified atom stereocenters. The number of ketones is 1. The van der Waals surface area contributed by atoms with Crippen molar-refractivity contribution in [2.75, 3.05) is 13.1 Å². The normalized spacial score (nSPS) is 17.8. The maximum absolute atomic E-state index is 13.9. The average molecular weight is 510 g/mol. The van der Waals surface area contributed by atoms with E-state index in [2.05, 4.69) is 9.88 Å². The van der Waals surface area contributed by atoms with Crippen molar-refractivity contribution in [3.05, 3.63) is 98.0 Å². The van der Waals surface area contributed by atoms with Gasteiger partial charge in [-0.1, -0.05) is 35.3 Å². The van der Waals surface area contributed by atoms with Crippen molar-refractivity contribution in [1.82, 2.24) is 9.88 Å². The summed E-state index contributed by atoms with van der Waals surface area (Å²) < 4.78 is 13.9. The van der Waals surface area contributed by atoms with Crippen LogP contribution in [0.1, 0.15) is 57.6 Å². The van der Waals surface area contributed by atoms with Gasteiger partial charge in [0.25, 0.3) is 0 Å². The highest BCUT2D eigenvalue weighted by molar-refractivity contribution is 6.35. The number of pyridine rings is 1. The topological polar surface area (TPSA) is 45.6 Å². The number of halogens is 3. The highest BCUT2D eigenvalue weighted by Gasteiger charge is 2.25. The summed E-state index contributed by atoms with van der Waals surface area (Å²) >= 11 is 12.1. The number of carbonyl (C=O) groups excluding carboxylic acids is 1. The van der Waals surface area contributed by atoms with Crippen molar-refractivity contribution in [1.29, 1.82) is 0 Å². The fourth-order valence-corrected chi connectivity index (χ4v) is 5.51. The molecule has 1 saturated heterocycles. The molecule has 35 heavy (non-hydrogen) atoms. The maximum atomic E-state index is 13.9. The third-order valence-corrected chi connectivity index (χ3v) is 7.47. The van der Waals surface area contributed by atoms with E-state index < -0.39 is 5.82 Å². The molecule has 3 heterocycles. The summed E-state index contributed by atoms with van der Waals surface area (Å²) in [5.41, 5.74) is 6.52. The Balaban J connectivity index is 1.27. The average Bonchev–Trinajstić information content (AvgIpc) is 3.26. The molecule has 3 aromatic rings. The van der Waals surface area contributed by atoms with Gasteiger partial charge in [-0.05, 0) is 73.7 Å². The highest BCUT2D eigenvalue weighted by Crippen LogP contribution is 2.29. The van der Waals surface area contributed by atoms with Crippen LogP contribution < -0.4 is 0 Å². The lowest BCUT2D eigenvalue weighted by Gasteiger charge is -2.32. The Bertz CT molecular complexity index is 1320. The van der Waals surface area contributed by atoms with E-state index in [0.717, 1.165) is 65.2 Å². The molecule has 0 bridgehead atoms. The molecule has 0 spiro atoms. The lowest BCUT2D eigenvalue weighted by molar-refractivity contribution is 0.0912. The van der Waals surface area contributed by atoms with Crippen LogP contribution in [0.25, 0.3) is 0 Å². The number of likely N-dealkylation sites (tertiary alicyclic amines) is 1. The fraction of sp³-hybridized carbons (Fsp3) is 0.321. The van der Waals surface area contributed by atoms with Crippen LogP contribution in [0.3, 0.4) is 0 Å². The number of hydrogen-bond donors (Lipinski definition) is 0. The Kier molecular flexibility index (Phi) is 7.01. The summed E-state index contributed by atoms with van der Waals surface area (Å²) in [6.45, 7) is 4.81. The minimum atomic E-state index is -0.462. The number of Topliss-reactive ketones (excluding diaryl/α,β-unsaturated/α-hetero) is 1. The summed E-state index contributed by atoms with van der Waals surface area (Å²) in [4.78, 5) is 24.5. The van der Waals surface area contributed by atoms with Crippen molar-refractivity contribution in [3.8, 4) is 0 Å². The van der Waals surface area contributed by atoms with Crippen LogP contribution in [-0.2, 0) is 13.1 Å². The summed E-state index contributed by atoms with van der Waals surface area (Å²) in [5, 5.41) is 0.497. The molecule has 2 aliphatic heterocycles. The number of aryl methyl sites for hydroxylation is 1. The van der Waals surface area contributed by atoms with Gasteiger partial charge in [-0.2, -0.15) is 0 Å². The number of aromatic nitrogens is 1. The van der Waals surface area contributed by atoms with Gasteiger partial charge < -0.3 is 0 Å². The van der Waals surface area contributed by atoms with Crippen molar-refractivity contribution >= 4 is 34.7 Å². The Morgan fingerprint density at radius 3 is 2.83 bits per heavy atom. The van der Waals surface area contributed by atoms with E-state index in [0.29, 0.717) is 24.5 Å². The van der Waals surface area contributed by atoms with Crippen molar-refractivity contribution in [2.45, 2.75) is 39.3 Å². The monoisotopic (exact) mass is 509 g/mol. The lowest BCUT2D eigenvalue weighted by Crippen LogP contribution is -2.35. The largest absolute Gasteiger partial charge is 0.299 e. The highest BCUT2D eigenvalue weighted by atomic mass is 35.5. The van der Waals surface area contributed by atoms with Crippen LogP contribution in [0, 0.1) is 18.7 Å². The van der Waals surface area contributed by atoms with E-state index in [1.807, 2.05) is 37.3 Å². The van der Waals surface area contributed by atoms with Gasteiger partial charge in [-0.25, -0.2) is 4.39 Å². The van der Waals surface area contributed by atoms with E-state index in [-0.39, 0.29) is 16.7 Å². The molecule has 1 fully saturated rings. The number of aliphatic imine (C=N–C) groups is 1. The lowest BCUT2D eigenvalue weighted by atomic mass is 9.89. The SMILES string of the molecule is Cc1cc(C2=NCc3ccc(C(=O)C[C@@H]4CCCN(Cc5cc(F)c(Cl)cc5Cl)C4)cc32)ccn1. The van der Waals surface area contributed by atoms with Crippen LogP contribution in [0.15, 0.2) is 53.7 Å². The van der Waals surface area contributed by atoms with Gasteiger partial charge in [-0.3, -0.25) is 19.7 Å². The minimum absolute atomic E-state index is 0.0301. The zero-order valence-corrected chi connectivity index (χ0v) is 21.0. The third-order valence-electron chi connectivity index (χ3n) is 6.83. The number of nitrogens with zero attached hydrogens (tertiary/aromatic N) is 3. The quantitative estimate of drug-likeness (QED) is 0.275. The number of piperidine rings is 1. The molecular formula is C28H26Cl2FN3O. The predicted molar refractivity (Wildman–Crippen MR) is 138 cm³/mol. The number of hydrogen-bond acceptors (Lipinski definition) is 4. The maximum Gasteiger partial charge on any atom is 0.163 e. The zero-order chi connectivity index (χ0) is 24.5. The first kappa shape index (κ1) is 24.1. The van der Waals surface area contributed by atoms with Gasteiger partial charge >= 0.3 is 0 Å². The minimum Gasteiger partial charge on any atom is -0.299 e. The Labute approximate surface area is 214 Å². The standard InChI is InChI=1S/C28H26Cl2FN3O/c1-17-9-20(6-7-32-17)28-23-11-19(4-5-21(23)14-33-28)27(35)10-18-3-2-8-34(15-18)16-22-12-26(31)25(30)13-24(22)29/h4-7,9,11-13,18H,2-3,8,10,14-16H2,1H3/t18-/m0/s1. The van der Waals surface area contributed by atoms with E-state index >= 15 is 0 Å². The van der Waals surface area contributed by atoms with Gasteiger partial charge in [0, 0.05) is 53.1 Å². The second-order valence-corrected chi connectivity index (χ2v) is 10.3. The molecule has 0 N–H and O–H groups in total. The van der Waals surface area contributed by atoms with E-state index in [1.54, 1.807) is 6.20 Å². The van der Waals surface area contributed by atoms with Crippen LogP contribution in [0.2, 0.25) is 10.0 Å². The molecule has 2 aliphatic rings. The fourth-order valence-electron chi connectivity index (χ4n) is 5.06. The van der Waals surface area contributed by atoms with Crippen molar-refractivity contribution in [3.63, 3.8) is 0 Å². The van der Waals surface area contributed by atoms with E-state index in [1.165, 1.54) is 12.1 Å². The van der Waals surface area contributed by atoms with Gasteiger partial charge in [-0.15, -0.1) is 0 Å². The Morgan fingerprint density at radius 2 is 2.00 bits per heavy atom. The molecule has 0 saturated carbocycles. The molecule has 0 aliphatic carbocycles. The second-order valence-electron chi connectivity index (χ2n) is 9.45. The van der Waals surface area contributed by atoms with Gasteiger partial charge in [0.2, 0.25) is 0 Å². The van der Waals surface area contributed by atoms with E-state index in [4.69, 9.17) is 28.2 Å². The van der Waals surface area contributed by atoms with Crippen LogP contribution in [-0.4, -0.2) is 34.5 Å². The van der Waals surface area contributed by atoms with Crippen molar-refractivity contribution in [2.24, 2.45) is 10.9 Å². The Hall–Kier alpha value is -2.60. The predicted octanol–water partition coefficient (Wildman–Crippen LogP) is 6.67. The first-order chi connectivity index (χ1) is 16.9. The molecule has 5 rings (SSSR count). The number of benzene rings is 2. The summed E-state index contributed by atoms with van der Waals surface area (Å²) in [6, 6.07) is 12.8. The molecule has 4 nitrogen and oxygen atoms in total. The smallest absolute Gasteiger partial charge is 0.163 e. The summed E-state index contributed by atoms with van der Waals surface area (Å²) in [7, 11) is 0. The first-order valence-corrected chi connectivity index (χ1v) is 12.6. The van der Waals surface area contributed by atoms with Gasteiger partial charge in [0.15, 0.2) is 5.78 Å². The number of carbonyl (C=O) groups is 1. The van der Waals surface area contributed by atoms with E-state index in [9.17, 15) is 9.18 Å². The summed E-state index contributed by atoms with van der Waals surface area (Å²) in [5.74, 6) is -0.0694. The first-order valence-electron chi connectivity index (χ1n) is 11.9. The van der Waals surface area contributed by atoms with Crippen LogP contribution in [0.4, 0.5) is 4.39 Å². The molecule has 0 radical (unpaired) electrons. The number of fused-ring (bicyclic) bond motifs is 1. The van der Waals surface area contributed by atoms with Crippen LogP contribution in [0.5, 0.6) is 0 Å². The molecule has 1 atom stereocenters. The second kappa shape index (κ2) is 10.2. The molecule has 1 aromatic heterocycles. The van der Waals surface area contributed by atoms with Crippen molar-refractivity contribution < 1.29 is 9.18 Å².